The number of nitrogens with two attached hydrogens (primary N) is 1. The summed E-state index contributed by atoms with van der Waals surface area (Å²) >= 11 is 9.37. The summed E-state index contributed by atoms with van der Waals surface area (Å²) in [5.41, 5.74) is 9.87. The fourth-order valence-electron chi connectivity index (χ4n) is 2.11. The zero-order valence-electron chi connectivity index (χ0n) is 10.2. The van der Waals surface area contributed by atoms with Crippen molar-refractivity contribution in [3.05, 3.63) is 51.6 Å². The van der Waals surface area contributed by atoms with E-state index in [-0.39, 0.29) is 0 Å². The summed E-state index contributed by atoms with van der Waals surface area (Å²) in [4.78, 5) is 4.63. The molecule has 0 saturated carbocycles. The molecule has 0 radical (unpaired) electrons. The molecule has 3 nitrogen and oxygen atoms in total. The average molecular weight is 337 g/mol. The van der Waals surface area contributed by atoms with Crippen molar-refractivity contribution >= 4 is 39.0 Å². The van der Waals surface area contributed by atoms with E-state index in [1.54, 1.807) is 0 Å². The summed E-state index contributed by atoms with van der Waals surface area (Å²) in [7, 11) is 0. The normalized spacial score (nSPS) is 11.1. The third-order valence-corrected chi connectivity index (χ3v) is 3.71. The van der Waals surface area contributed by atoms with Crippen LogP contribution in [0.3, 0.4) is 0 Å². The molecular formula is C14H11BrClN3. The second-order valence-electron chi connectivity index (χ2n) is 4.39. The van der Waals surface area contributed by atoms with Crippen LogP contribution in [0, 0.1) is 6.92 Å². The number of rotatable bonds is 1. The van der Waals surface area contributed by atoms with E-state index >= 15 is 0 Å². The number of aromatic nitrogens is 2. The van der Waals surface area contributed by atoms with Gasteiger partial charge in [0.25, 0.3) is 0 Å². The van der Waals surface area contributed by atoms with Crippen molar-refractivity contribution in [3.8, 4) is 11.3 Å². The van der Waals surface area contributed by atoms with Crippen molar-refractivity contribution in [3.63, 3.8) is 0 Å². The van der Waals surface area contributed by atoms with Crippen molar-refractivity contribution in [1.29, 1.82) is 0 Å². The number of anilines is 1. The predicted octanol–water partition coefficient (Wildman–Crippen LogP) is 4.31. The smallest absolute Gasteiger partial charge is 0.142 e. The number of hydrogen-bond donors (Lipinski definition) is 1. The Kier molecular flexibility index (Phi) is 2.99. The molecule has 1 aromatic carbocycles. The van der Waals surface area contributed by atoms with Crippen LogP contribution in [0.25, 0.3) is 16.9 Å². The summed E-state index contributed by atoms with van der Waals surface area (Å²) in [6.07, 6.45) is 1.92. The molecule has 0 bridgehead atoms. The van der Waals surface area contributed by atoms with Gasteiger partial charge < -0.3 is 5.73 Å². The molecule has 0 unspecified atom stereocenters. The van der Waals surface area contributed by atoms with Crippen LogP contribution in [0.2, 0.25) is 5.02 Å². The quantitative estimate of drug-likeness (QED) is 0.719. The van der Waals surface area contributed by atoms with E-state index in [0.29, 0.717) is 10.8 Å². The minimum atomic E-state index is 0.627. The monoisotopic (exact) mass is 335 g/mol. The molecule has 19 heavy (non-hydrogen) atoms. The summed E-state index contributed by atoms with van der Waals surface area (Å²) in [6.45, 7) is 2.01. The fraction of sp³-hybridized carbons (Fsp3) is 0.0714. The summed E-state index contributed by atoms with van der Waals surface area (Å²) in [5, 5.41) is 0.699. The van der Waals surface area contributed by atoms with Crippen molar-refractivity contribution in [2.24, 2.45) is 0 Å². The number of benzene rings is 1. The lowest BCUT2D eigenvalue weighted by Gasteiger charge is -2.01. The van der Waals surface area contributed by atoms with E-state index in [1.165, 1.54) is 0 Å². The fourth-order valence-corrected chi connectivity index (χ4v) is 2.78. The van der Waals surface area contributed by atoms with E-state index in [9.17, 15) is 0 Å². The molecule has 0 atom stereocenters. The van der Waals surface area contributed by atoms with E-state index in [1.807, 2.05) is 47.9 Å². The maximum absolute atomic E-state index is 6.19. The number of fused-ring (bicyclic) bond motifs is 1. The van der Waals surface area contributed by atoms with Crippen LogP contribution in [-0.2, 0) is 0 Å². The van der Waals surface area contributed by atoms with Gasteiger partial charge in [0.15, 0.2) is 0 Å². The zero-order valence-corrected chi connectivity index (χ0v) is 12.5. The van der Waals surface area contributed by atoms with E-state index < -0.39 is 0 Å². The lowest BCUT2D eigenvalue weighted by Crippen LogP contribution is -1.95. The third-order valence-electron chi connectivity index (χ3n) is 3.03. The van der Waals surface area contributed by atoms with Gasteiger partial charge in [-0.05, 0) is 46.6 Å². The highest BCUT2D eigenvalue weighted by molar-refractivity contribution is 9.10. The van der Waals surface area contributed by atoms with Gasteiger partial charge in [-0.1, -0.05) is 23.7 Å². The molecule has 2 aromatic heterocycles. The Morgan fingerprint density at radius 2 is 1.95 bits per heavy atom. The number of nitrogen functional groups attached to an aromatic ring is 1. The summed E-state index contributed by atoms with van der Waals surface area (Å²) in [5.74, 6) is 0.627. The largest absolute Gasteiger partial charge is 0.383 e. The van der Waals surface area contributed by atoms with Crippen molar-refractivity contribution in [2.75, 3.05) is 5.73 Å². The zero-order chi connectivity index (χ0) is 13.6. The highest BCUT2D eigenvalue weighted by Crippen LogP contribution is 2.29. The molecule has 0 fully saturated rings. The Hall–Kier alpha value is -1.52. The van der Waals surface area contributed by atoms with Gasteiger partial charge in [0, 0.05) is 21.3 Å². The molecule has 0 saturated heterocycles. The first-order valence-corrected chi connectivity index (χ1v) is 6.93. The lowest BCUT2D eigenvalue weighted by atomic mass is 10.1. The molecule has 0 aliphatic rings. The summed E-state index contributed by atoms with van der Waals surface area (Å²) < 4.78 is 2.87. The standard InChI is InChI=1S/C14H11BrClN3/c1-8-6-10(15)7-19-13(17)12(18-14(8)19)9-2-4-11(16)5-3-9/h2-7H,17H2,1H3. The van der Waals surface area contributed by atoms with E-state index in [2.05, 4.69) is 20.9 Å². The molecular weight excluding hydrogens is 326 g/mol. The van der Waals surface area contributed by atoms with Crippen LogP contribution in [0.5, 0.6) is 0 Å². The maximum atomic E-state index is 6.19. The minimum absolute atomic E-state index is 0.627. The van der Waals surface area contributed by atoms with Crippen molar-refractivity contribution in [2.45, 2.75) is 6.92 Å². The van der Waals surface area contributed by atoms with Gasteiger partial charge in [0.1, 0.15) is 17.2 Å². The summed E-state index contributed by atoms with van der Waals surface area (Å²) in [6, 6.07) is 9.54. The first kappa shape index (κ1) is 12.5. The third kappa shape index (κ3) is 2.11. The van der Waals surface area contributed by atoms with Crippen LogP contribution < -0.4 is 5.73 Å². The first-order chi connectivity index (χ1) is 9.06. The Balaban J connectivity index is 2.28. The van der Waals surface area contributed by atoms with Crippen LogP contribution in [-0.4, -0.2) is 9.38 Å². The van der Waals surface area contributed by atoms with Crippen LogP contribution in [0.15, 0.2) is 41.0 Å². The van der Waals surface area contributed by atoms with Gasteiger partial charge in [0.05, 0.1) is 0 Å². The van der Waals surface area contributed by atoms with E-state index in [0.717, 1.165) is 26.9 Å². The highest BCUT2D eigenvalue weighted by Gasteiger charge is 2.13. The van der Waals surface area contributed by atoms with Gasteiger partial charge >= 0.3 is 0 Å². The number of hydrogen-bond acceptors (Lipinski definition) is 2. The molecule has 0 aliphatic carbocycles. The Morgan fingerprint density at radius 3 is 2.63 bits per heavy atom. The molecule has 0 aliphatic heterocycles. The second kappa shape index (κ2) is 4.54. The Bertz CT molecular complexity index is 762. The number of imidazole rings is 1. The SMILES string of the molecule is Cc1cc(Br)cn2c(N)c(-c3ccc(Cl)cc3)nc12. The Morgan fingerprint density at radius 1 is 1.26 bits per heavy atom. The van der Waals surface area contributed by atoms with Gasteiger partial charge in [-0.2, -0.15) is 0 Å². The van der Waals surface area contributed by atoms with Gasteiger partial charge in [-0.25, -0.2) is 4.98 Å². The van der Waals surface area contributed by atoms with Gasteiger partial charge in [0.2, 0.25) is 0 Å². The van der Waals surface area contributed by atoms with Crippen LogP contribution in [0.4, 0.5) is 5.82 Å². The topological polar surface area (TPSA) is 43.3 Å². The molecule has 3 aromatic rings. The highest BCUT2D eigenvalue weighted by atomic mass is 79.9. The average Bonchev–Trinajstić information content (AvgIpc) is 2.69. The number of nitrogens with zero attached hydrogens (tertiary/aromatic N) is 2. The van der Waals surface area contributed by atoms with Crippen LogP contribution in [0.1, 0.15) is 5.56 Å². The number of pyridine rings is 1. The Labute approximate surface area is 124 Å². The van der Waals surface area contributed by atoms with E-state index in [4.69, 9.17) is 17.3 Å². The molecule has 2 heterocycles. The maximum Gasteiger partial charge on any atom is 0.142 e. The molecule has 3 rings (SSSR count). The van der Waals surface area contributed by atoms with Gasteiger partial charge in [-0.15, -0.1) is 0 Å². The number of halogens is 2. The van der Waals surface area contributed by atoms with Crippen LogP contribution >= 0.6 is 27.5 Å². The van der Waals surface area contributed by atoms with Crippen molar-refractivity contribution < 1.29 is 0 Å². The minimum Gasteiger partial charge on any atom is -0.383 e. The van der Waals surface area contributed by atoms with Gasteiger partial charge in [-0.3, -0.25) is 4.40 Å². The molecule has 5 heteroatoms. The second-order valence-corrected chi connectivity index (χ2v) is 5.74. The molecule has 96 valence electrons. The number of aryl methyl sites for hydroxylation is 1. The first-order valence-electron chi connectivity index (χ1n) is 5.76. The predicted molar refractivity (Wildman–Crippen MR) is 82.5 cm³/mol. The lowest BCUT2D eigenvalue weighted by molar-refractivity contribution is 1.16. The molecule has 2 N–H and O–H groups in total. The van der Waals surface area contributed by atoms with Crippen molar-refractivity contribution in [1.82, 2.24) is 9.38 Å². The molecule has 0 amide bonds. The molecule has 0 spiro atoms.